The number of aliphatic hydroxyl groups is 4. The minimum Gasteiger partial charge on any atom is -0.394 e. The van der Waals surface area contributed by atoms with Gasteiger partial charge in [0.2, 0.25) is 0 Å². The molecule has 0 aliphatic carbocycles. The first-order valence-corrected chi connectivity index (χ1v) is 8.97. The highest BCUT2D eigenvalue weighted by molar-refractivity contribution is 8.07. The van der Waals surface area contributed by atoms with E-state index >= 15 is 0 Å². The molecule has 21 heavy (non-hydrogen) atoms. The van der Waals surface area contributed by atoms with Crippen LogP contribution in [0, 0.1) is 0 Å². The van der Waals surface area contributed by atoms with E-state index in [0.29, 0.717) is 0 Å². The Morgan fingerprint density at radius 3 is 2.29 bits per heavy atom. The molecule has 0 aromatic rings. The lowest BCUT2D eigenvalue weighted by atomic mass is 10.2. The van der Waals surface area contributed by atoms with Crippen molar-refractivity contribution in [2.75, 3.05) is 26.4 Å². The summed E-state index contributed by atoms with van der Waals surface area (Å²) in [5, 5.41) is 37.6. The van der Waals surface area contributed by atoms with Gasteiger partial charge in [-0.2, -0.15) is 0 Å². The summed E-state index contributed by atoms with van der Waals surface area (Å²) in [6.07, 6.45) is -5.80. The van der Waals surface area contributed by atoms with Gasteiger partial charge >= 0.3 is 6.72 Å². The number of rotatable bonds is 6. The molecule has 124 valence electrons. The van der Waals surface area contributed by atoms with Gasteiger partial charge in [-0.05, 0) is 11.8 Å². The molecule has 5 N–H and O–H groups in total. The average Bonchev–Trinajstić information content (AvgIpc) is 2.93. The first kappa shape index (κ1) is 17.6. The fraction of sp³-hybridized carbons (Fsp3) is 1.00. The zero-order chi connectivity index (χ0) is 15.6. The summed E-state index contributed by atoms with van der Waals surface area (Å²) < 4.78 is 20.3. The van der Waals surface area contributed by atoms with Crippen LogP contribution < -0.4 is 0 Å². The summed E-state index contributed by atoms with van der Waals surface area (Å²) >= 11 is 4.81. The van der Waals surface area contributed by atoms with Crippen LogP contribution in [0.25, 0.3) is 0 Å². The van der Waals surface area contributed by atoms with Crippen molar-refractivity contribution in [3.05, 3.63) is 0 Å². The minimum atomic E-state index is -3.72. The van der Waals surface area contributed by atoms with E-state index in [9.17, 15) is 20.2 Å². The van der Waals surface area contributed by atoms with Gasteiger partial charge in [-0.15, -0.1) is 0 Å². The lowest BCUT2D eigenvalue weighted by molar-refractivity contribution is -0.0210. The van der Waals surface area contributed by atoms with Crippen molar-refractivity contribution in [2.45, 2.75) is 36.6 Å². The molecule has 0 radical (unpaired) electrons. The maximum Gasteiger partial charge on any atom is 0.325 e. The van der Waals surface area contributed by atoms with E-state index in [-0.39, 0.29) is 19.8 Å². The molecule has 0 aromatic heterocycles. The molecule has 0 aromatic carbocycles. The molecule has 7 atom stereocenters. The van der Waals surface area contributed by atoms with Gasteiger partial charge in [0.05, 0.1) is 26.4 Å². The molecule has 9 nitrogen and oxygen atoms in total. The highest BCUT2D eigenvalue weighted by Crippen LogP contribution is 2.47. The van der Waals surface area contributed by atoms with E-state index < -0.39 is 49.9 Å². The molecule has 0 spiro atoms. The van der Waals surface area contributed by atoms with Crippen LogP contribution in [-0.4, -0.2) is 88.4 Å². The molecule has 0 saturated carbocycles. The van der Waals surface area contributed by atoms with E-state index in [1.165, 1.54) is 0 Å². The summed E-state index contributed by atoms with van der Waals surface area (Å²) in [5.41, 5.74) is 0. The van der Waals surface area contributed by atoms with E-state index in [2.05, 4.69) is 0 Å². The molecule has 0 bridgehead atoms. The van der Waals surface area contributed by atoms with Crippen LogP contribution in [0.4, 0.5) is 0 Å². The highest BCUT2D eigenvalue weighted by Gasteiger charge is 2.41. The summed E-state index contributed by atoms with van der Waals surface area (Å²) in [7, 11) is 0. The monoisotopic (exact) mass is 346 g/mol. The van der Waals surface area contributed by atoms with E-state index in [0.717, 1.165) is 0 Å². The van der Waals surface area contributed by atoms with Crippen LogP contribution in [-0.2, 0) is 30.3 Å². The number of hydrogen-bond donors (Lipinski definition) is 5. The maximum atomic E-state index is 9.95. The summed E-state index contributed by atoms with van der Waals surface area (Å²) in [5.74, 6) is 0. The van der Waals surface area contributed by atoms with E-state index in [1.54, 1.807) is 0 Å². The number of ether oxygens (including phenoxy) is 2. The second kappa shape index (κ2) is 7.24. The molecule has 2 rings (SSSR count). The molecule has 2 fully saturated rings. The van der Waals surface area contributed by atoms with Gasteiger partial charge in [0.15, 0.2) is 0 Å². The fourth-order valence-electron chi connectivity index (χ4n) is 2.12. The zero-order valence-electron chi connectivity index (χ0n) is 11.0. The molecule has 2 heterocycles. The molecule has 2 saturated heterocycles. The van der Waals surface area contributed by atoms with Crippen molar-refractivity contribution < 1.29 is 43.8 Å². The molecule has 3 unspecified atom stereocenters. The van der Waals surface area contributed by atoms with Crippen molar-refractivity contribution in [1.82, 2.24) is 0 Å². The Hall–Kier alpha value is 0.290. The second-order valence-electron chi connectivity index (χ2n) is 4.89. The van der Waals surface area contributed by atoms with Gasteiger partial charge in [-0.3, -0.25) is 4.52 Å². The van der Waals surface area contributed by atoms with Crippen LogP contribution in [0.1, 0.15) is 0 Å². The molecule has 2 aliphatic heterocycles. The second-order valence-corrected chi connectivity index (χ2v) is 7.68. The van der Waals surface area contributed by atoms with Gasteiger partial charge in [0.1, 0.15) is 36.6 Å². The first-order valence-electron chi connectivity index (χ1n) is 6.38. The van der Waals surface area contributed by atoms with Crippen LogP contribution in [0.5, 0.6) is 0 Å². The quantitative estimate of drug-likeness (QED) is 0.327. The maximum absolute atomic E-state index is 9.95. The van der Waals surface area contributed by atoms with Crippen LogP contribution in [0.3, 0.4) is 0 Å². The summed E-state index contributed by atoms with van der Waals surface area (Å²) in [6.45, 7) is -4.45. The molecular weight excluding hydrogens is 327 g/mol. The smallest absolute Gasteiger partial charge is 0.325 e. The molecule has 0 amide bonds. The van der Waals surface area contributed by atoms with Crippen molar-refractivity contribution in [2.24, 2.45) is 0 Å². The Kier molecular flexibility index (Phi) is 6.08. The van der Waals surface area contributed by atoms with Crippen molar-refractivity contribution in [3.63, 3.8) is 0 Å². The predicted molar refractivity (Wildman–Crippen MR) is 71.9 cm³/mol. The molecule has 11 heteroatoms. The lowest BCUT2D eigenvalue weighted by Gasteiger charge is -2.25. The minimum absolute atomic E-state index is 0.0356. The number of hydrogen-bond acceptors (Lipinski definition) is 9. The Labute approximate surface area is 126 Å². The zero-order valence-corrected chi connectivity index (χ0v) is 12.7. The molecular formula is C10H19O9PS. The Morgan fingerprint density at radius 2 is 1.71 bits per heavy atom. The third kappa shape index (κ3) is 4.40. The van der Waals surface area contributed by atoms with Crippen molar-refractivity contribution in [3.8, 4) is 0 Å². The third-order valence-electron chi connectivity index (χ3n) is 3.32. The highest BCUT2D eigenvalue weighted by atomic mass is 32.5. The van der Waals surface area contributed by atoms with Crippen LogP contribution in [0.2, 0.25) is 0 Å². The topological polar surface area (TPSA) is 138 Å². The summed E-state index contributed by atoms with van der Waals surface area (Å²) in [6, 6.07) is 0. The van der Waals surface area contributed by atoms with E-state index in [1.807, 2.05) is 0 Å². The largest absolute Gasteiger partial charge is 0.394 e. The fourth-order valence-corrected chi connectivity index (χ4v) is 3.58. The normalized spacial score (nSPS) is 43.1. The van der Waals surface area contributed by atoms with E-state index in [4.69, 9.17) is 35.4 Å². The third-order valence-corrected chi connectivity index (χ3v) is 4.88. The average molecular weight is 346 g/mol. The summed E-state index contributed by atoms with van der Waals surface area (Å²) in [4.78, 5) is 9.95. The number of aliphatic hydroxyl groups excluding tert-OH is 4. The van der Waals surface area contributed by atoms with Crippen molar-refractivity contribution in [1.29, 1.82) is 0 Å². The van der Waals surface area contributed by atoms with Gasteiger partial charge < -0.3 is 39.3 Å². The lowest BCUT2D eigenvalue weighted by Crippen LogP contribution is -2.35. The van der Waals surface area contributed by atoms with Gasteiger partial charge in [-0.25, -0.2) is 0 Å². The standard InChI is InChI=1S/C10H19O9PS/c11-1-7-10(6(13)3-16-7)19-20(15,21)18-4-8-9(14)5(12)2-17-8/h5-14H,1-4H2,(H,15,21)/t5-,6-,7-,8-,9?,10?,20?/m1/s1. The predicted octanol–water partition coefficient (Wildman–Crippen LogP) is -2.52. The molecule has 2 aliphatic rings. The Bertz CT molecular complexity index is 397. The van der Waals surface area contributed by atoms with Gasteiger partial charge in [0.25, 0.3) is 0 Å². The first-order chi connectivity index (χ1) is 9.84. The van der Waals surface area contributed by atoms with Crippen LogP contribution in [0.15, 0.2) is 0 Å². The van der Waals surface area contributed by atoms with Gasteiger partial charge in [0, 0.05) is 0 Å². The Balaban J connectivity index is 1.85. The Morgan fingerprint density at radius 1 is 1.10 bits per heavy atom. The van der Waals surface area contributed by atoms with Gasteiger partial charge in [-0.1, -0.05) is 0 Å². The SMILES string of the molecule is OC[C@H]1OC[C@@H](O)C1OP(O)(=S)OC[C@H]1OC[C@@H](O)C1O. The van der Waals surface area contributed by atoms with Crippen LogP contribution >= 0.6 is 6.72 Å². The van der Waals surface area contributed by atoms with Crippen molar-refractivity contribution >= 4 is 18.5 Å².